The minimum absolute atomic E-state index is 0. The monoisotopic (exact) mass is 122 g/mol. The molecule has 3 nitrogen and oxygen atoms in total. The zero-order chi connectivity index (χ0) is 2.71. The molecule has 0 aromatic carbocycles. The molecule has 2 N–H and O–H groups in total. The van der Waals surface area contributed by atoms with Gasteiger partial charge in [-0.15, -0.1) is 0 Å². The Morgan fingerprint density at radius 1 is 1.25 bits per heavy atom. The first-order valence-electron chi connectivity index (χ1n) is 0.447. The normalized spacial score (nSPS) is 2.00. The fourth-order valence-corrected chi connectivity index (χ4v) is 0. The van der Waals surface area contributed by atoms with Gasteiger partial charge < -0.3 is 0 Å². The van der Waals surface area contributed by atoms with E-state index in [4.69, 9.17) is 11.1 Å². The van der Waals surface area contributed by atoms with Crippen LogP contribution in [0.1, 0.15) is 0 Å². The SMILES string of the molecule is N=[N+]=N.[GeH4]. The van der Waals surface area contributed by atoms with Crippen molar-refractivity contribution in [2.24, 2.45) is 0 Å². The molecule has 0 unspecified atom stereocenters. The van der Waals surface area contributed by atoms with Crippen molar-refractivity contribution < 1.29 is 0 Å². The van der Waals surface area contributed by atoms with E-state index in [9.17, 15) is 0 Å². The molecule has 0 atom stereocenters. The molecule has 0 rings (SSSR count). The third-order valence-corrected chi connectivity index (χ3v) is 0. The van der Waals surface area contributed by atoms with E-state index in [0.29, 0.717) is 0 Å². The van der Waals surface area contributed by atoms with Crippen molar-refractivity contribution in [3.63, 3.8) is 0 Å². The van der Waals surface area contributed by atoms with Gasteiger partial charge in [0.1, 0.15) is 11.1 Å². The first kappa shape index (κ1) is 9.13. The summed E-state index contributed by atoms with van der Waals surface area (Å²) in [5.74, 6) is 0. The van der Waals surface area contributed by atoms with Crippen LogP contribution in [-0.2, 0) is 0 Å². The van der Waals surface area contributed by atoms with Crippen molar-refractivity contribution >= 4 is 17.6 Å². The predicted octanol–water partition coefficient (Wildman–Crippen LogP) is -1.34. The molecular weight excluding hydrogens is 115 g/mol. The summed E-state index contributed by atoms with van der Waals surface area (Å²) < 4.78 is 0. The van der Waals surface area contributed by atoms with Crippen LogP contribution in [0.3, 0.4) is 0 Å². The molecule has 0 heterocycles. The Labute approximate surface area is 34.4 Å². The zero-order valence-corrected chi connectivity index (χ0v) is 1.45. The number of nitrogens with one attached hydrogen (secondary N) is 2. The van der Waals surface area contributed by atoms with Gasteiger partial charge in [-0.2, -0.15) is 0 Å². The van der Waals surface area contributed by atoms with Crippen LogP contribution in [0.5, 0.6) is 0 Å². The van der Waals surface area contributed by atoms with Crippen molar-refractivity contribution in [2.75, 3.05) is 0 Å². The van der Waals surface area contributed by atoms with Crippen LogP contribution in [0.2, 0.25) is 0 Å². The minimum atomic E-state index is 0. The van der Waals surface area contributed by atoms with E-state index in [-0.39, 0.29) is 17.6 Å². The molecule has 0 aliphatic rings. The molecule has 0 aromatic heterocycles. The number of rotatable bonds is 0. The summed E-state index contributed by atoms with van der Waals surface area (Å²) in [5, 5.41) is 0. The third kappa shape index (κ3) is 62.2. The number of hydrogen-bond acceptors (Lipinski definition) is 2. The molecule has 24 valence electrons. The Morgan fingerprint density at radius 3 is 1.25 bits per heavy atom. The Hall–Kier alpha value is -0.147. The van der Waals surface area contributed by atoms with Crippen LogP contribution < -0.4 is 4.91 Å². The molecule has 0 bridgehead atoms. The van der Waals surface area contributed by atoms with Crippen LogP contribution >= 0.6 is 0 Å². The predicted molar refractivity (Wildman–Crippen MR) is 18.9 cm³/mol. The Bertz CT molecular complexity index is 24.3. The van der Waals surface area contributed by atoms with E-state index in [0.717, 1.165) is 0 Å². The number of nitrogens with zero attached hydrogens (tertiary/aromatic N) is 1. The van der Waals surface area contributed by atoms with E-state index >= 15 is 0 Å². The van der Waals surface area contributed by atoms with E-state index in [1.54, 1.807) is 0 Å². The first-order valence-corrected chi connectivity index (χ1v) is 0.447. The van der Waals surface area contributed by atoms with Gasteiger partial charge in [0.2, 0.25) is 4.91 Å². The van der Waals surface area contributed by atoms with Gasteiger partial charge in [-0.05, 0) is 0 Å². The fourth-order valence-electron chi connectivity index (χ4n) is 0. The van der Waals surface area contributed by atoms with Gasteiger partial charge in [-0.3, -0.25) is 0 Å². The van der Waals surface area contributed by atoms with Gasteiger partial charge in [0.15, 0.2) is 0 Å². The fraction of sp³-hybridized carbons (Fsp3) is 0. The van der Waals surface area contributed by atoms with E-state index in [1.165, 1.54) is 0 Å². The molecule has 0 aliphatic heterocycles. The van der Waals surface area contributed by atoms with Crippen LogP contribution in [0.25, 0.3) is 0 Å². The molecule has 0 aliphatic carbocycles. The molecule has 0 radical (unpaired) electrons. The molecule has 0 saturated carbocycles. The average molecular weight is 121 g/mol. The molecule has 0 fully saturated rings. The van der Waals surface area contributed by atoms with Gasteiger partial charge in [-0.1, -0.05) is 0 Å². The summed E-state index contributed by atoms with van der Waals surface area (Å²) in [6.07, 6.45) is 0. The average Bonchev–Trinajstić information content (AvgIpc) is 0.918. The van der Waals surface area contributed by atoms with Crippen LogP contribution in [0.15, 0.2) is 0 Å². The van der Waals surface area contributed by atoms with Crippen LogP contribution in [-0.4, -0.2) is 17.6 Å². The molecule has 4 heteroatoms. The second-order valence-corrected chi connectivity index (χ2v) is 0.112. The van der Waals surface area contributed by atoms with Crippen molar-refractivity contribution in [1.29, 1.82) is 11.1 Å². The maximum absolute atomic E-state index is 5.50. The van der Waals surface area contributed by atoms with Crippen LogP contribution in [0.4, 0.5) is 0 Å². The third-order valence-electron chi connectivity index (χ3n) is 0. The van der Waals surface area contributed by atoms with Crippen molar-refractivity contribution in [2.45, 2.75) is 0 Å². The zero-order valence-electron chi connectivity index (χ0n) is 1.45. The molecular formula is H6GeN3+. The van der Waals surface area contributed by atoms with Gasteiger partial charge in [0.05, 0.1) is 0 Å². The van der Waals surface area contributed by atoms with Crippen molar-refractivity contribution in [1.82, 2.24) is 4.91 Å². The standard InChI is InChI=1S/GeH4.H2N3/c;1-3-2/h1H4;1-2H/q;+1. The van der Waals surface area contributed by atoms with Crippen molar-refractivity contribution in [3.05, 3.63) is 0 Å². The van der Waals surface area contributed by atoms with E-state index in [1.807, 2.05) is 4.91 Å². The second kappa shape index (κ2) is 13.5. The Morgan fingerprint density at radius 2 is 1.25 bits per heavy atom. The van der Waals surface area contributed by atoms with Gasteiger partial charge in [0.25, 0.3) is 0 Å². The molecule has 0 spiro atoms. The van der Waals surface area contributed by atoms with Crippen molar-refractivity contribution in [3.8, 4) is 0 Å². The quantitative estimate of drug-likeness (QED) is 0.226. The van der Waals surface area contributed by atoms with Gasteiger partial charge in [0, 0.05) is 0 Å². The summed E-state index contributed by atoms with van der Waals surface area (Å²) >= 11 is 0. The van der Waals surface area contributed by atoms with E-state index < -0.39 is 0 Å². The summed E-state index contributed by atoms with van der Waals surface area (Å²) in [6, 6.07) is 0. The molecule has 0 aromatic rings. The summed E-state index contributed by atoms with van der Waals surface area (Å²) in [5.41, 5.74) is 11.0. The summed E-state index contributed by atoms with van der Waals surface area (Å²) in [6.45, 7) is 0. The molecule has 0 saturated heterocycles. The van der Waals surface area contributed by atoms with Gasteiger partial charge in [-0.25, -0.2) is 0 Å². The Balaban J connectivity index is 0. The van der Waals surface area contributed by atoms with E-state index in [2.05, 4.69) is 0 Å². The number of hydrogen-bond donors (Lipinski definition) is 2. The maximum atomic E-state index is 5.50. The van der Waals surface area contributed by atoms with Crippen LogP contribution in [0, 0.1) is 11.1 Å². The first-order chi connectivity index (χ1) is 1.41. The molecule has 4 heavy (non-hydrogen) atoms. The summed E-state index contributed by atoms with van der Waals surface area (Å²) in [7, 11) is 0. The topological polar surface area (TPSA) is 61.8 Å². The molecule has 0 amide bonds. The second-order valence-electron chi connectivity index (χ2n) is 0.112. The Kier molecular flexibility index (Phi) is 30.7. The summed E-state index contributed by atoms with van der Waals surface area (Å²) in [4.78, 5) is 2.00. The van der Waals surface area contributed by atoms with Gasteiger partial charge >= 0.3 is 17.6 Å².